The normalized spacial score (nSPS) is 17.7. The highest BCUT2D eigenvalue weighted by molar-refractivity contribution is 5.91. The van der Waals surface area contributed by atoms with Crippen LogP contribution in [0.15, 0.2) is 54.6 Å². The van der Waals surface area contributed by atoms with Gasteiger partial charge in [-0.15, -0.1) is 0 Å². The lowest BCUT2D eigenvalue weighted by Crippen LogP contribution is -2.16. The Kier molecular flexibility index (Phi) is 7.79. The first-order chi connectivity index (χ1) is 16.9. The largest absolute Gasteiger partial charge is 0.491 e. The summed E-state index contributed by atoms with van der Waals surface area (Å²) in [4.78, 5) is 12.6. The molecule has 1 aliphatic rings. The number of ether oxygens (including phenoxy) is 2. The highest BCUT2D eigenvalue weighted by Gasteiger charge is 2.27. The molecule has 0 aromatic heterocycles. The molecule has 184 valence electrons. The van der Waals surface area contributed by atoms with Gasteiger partial charge in [-0.05, 0) is 91.5 Å². The van der Waals surface area contributed by atoms with Gasteiger partial charge in [0, 0.05) is 0 Å². The van der Waals surface area contributed by atoms with Crippen molar-refractivity contribution in [3.63, 3.8) is 0 Å². The van der Waals surface area contributed by atoms with E-state index in [0.29, 0.717) is 29.2 Å². The van der Waals surface area contributed by atoms with Crippen LogP contribution in [0.4, 0.5) is 13.2 Å². The molecule has 3 aromatic rings. The zero-order valence-electron chi connectivity index (χ0n) is 20.0. The fourth-order valence-corrected chi connectivity index (χ4v) is 4.75. The molecule has 35 heavy (non-hydrogen) atoms. The van der Waals surface area contributed by atoms with Gasteiger partial charge in [-0.1, -0.05) is 37.6 Å². The summed E-state index contributed by atoms with van der Waals surface area (Å²) in [6.45, 7) is 4.29. The molecule has 0 heterocycles. The zero-order chi connectivity index (χ0) is 24.9. The Labute approximate surface area is 203 Å². The fourth-order valence-electron chi connectivity index (χ4n) is 4.75. The molecule has 0 N–H and O–H groups in total. The van der Waals surface area contributed by atoms with Gasteiger partial charge in [0.05, 0.1) is 12.2 Å². The van der Waals surface area contributed by atoms with Crippen molar-refractivity contribution in [1.29, 1.82) is 0 Å². The van der Waals surface area contributed by atoms with Crippen LogP contribution in [0.25, 0.3) is 11.1 Å². The molecule has 0 bridgehead atoms. The first-order valence-electron chi connectivity index (χ1n) is 12.1. The molecule has 3 nitrogen and oxygen atoms in total. The molecule has 0 atom stereocenters. The number of hydrogen-bond donors (Lipinski definition) is 0. The minimum Gasteiger partial charge on any atom is -0.491 e. The number of carbonyl (C=O) groups is 1. The second-order valence-corrected chi connectivity index (χ2v) is 8.95. The van der Waals surface area contributed by atoms with Crippen LogP contribution in [0.2, 0.25) is 0 Å². The van der Waals surface area contributed by atoms with E-state index < -0.39 is 29.0 Å². The average molecular weight is 483 g/mol. The molecular weight excluding hydrogens is 453 g/mol. The summed E-state index contributed by atoms with van der Waals surface area (Å²) < 4.78 is 54.3. The molecule has 0 amide bonds. The van der Waals surface area contributed by atoms with Crippen molar-refractivity contribution in [2.45, 2.75) is 51.9 Å². The van der Waals surface area contributed by atoms with Gasteiger partial charge in [0.15, 0.2) is 23.2 Å². The Morgan fingerprint density at radius 3 is 2.17 bits per heavy atom. The van der Waals surface area contributed by atoms with Crippen LogP contribution in [0.1, 0.15) is 67.8 Å². The molecule has 1 saturated carbocycles. The third-order valence-electron chi connectivity index (χ3n) is 6.83. The highest BCUT2D eigenvalue weighted by Crippen LogP contribution is 2.38. The lowest BCUT2D eigenvalue weighted by molar-refractivity contribution is 0.0728. The van der Waals surface area contributed by atoms with E-state index in [-0.39, 0.29) is 17.4 Å². The minimum absolute atomic E-state index is 0.0302. The third-order valence-corrected chi connectivity index (χ3v) is 6.83. The van der Waals surface area contributed by atoms with Gasteiger partial charge in [0.2, 0.25) is 0 Å². The smallest absolute Gasteiger partial charge is 0.346 e. The Hall–Kier alpha value is -3.28. The number of carbonyl (C=O) groups excluding carboxylic acids is 1. The summed E-state index contributed by atoms with van der Waals surface area (Å²) >= 11 is 0. The van der Waals surface area contributed by atoms with Gasteiger partial charge in [0.25, 0.3) is 0 Å². The lowest BCUT2D eigenvalue weighted by Gasteiger charge is -2.28. The van der Waals surface area contributed by atoms with Gasteiger partial charge in [-0.2, -0.15) is 0 Å². The van der Waals surface area contributed by atoms with Crippen LogP contribution >= 0.6 is 0 Å². The summed E-state index contributed by atoms with van der Waals surface area (Å²) in [7, 11) is 0. The van der Waals surface area contributed by atoms with Crippen LogP contribution in [-0.4, -0.2) is 12.6 Å². The van der Waals surface area contributed by atoms with Gasteiger partial charge in [0.1, 0.15) is 5.75 Å². The van der Waals surface area contributed by atoms with E-state index in [1.54, 1.807) is 31.2 Å². The molecule has 0 radical (unpaired) electrons. The van der Waals surface area contributed by atoms with Crippen molar-refractivity contribution >= 4 is 5.97 Å². The first kappa shape index (κ1) is 24.8. The molecule has 0 saturated heterocycles. The highest BCUT2D eigenvalue weighted by atomic mass is 19.2. The van der Waals surface area contributed by atoms with Crippen molar-refractivity contribution in [1.82, 2.24) is 0 Å². The van der Waals surface area contributed by atoms with Crippen LogP contribution in [-0.2, 0) is 0 Å². The average Bonchev–Trinajstić information content (AvgIpc) is 2.87. The topological polar surface area (TPSA) is 35.5 Å². The fraction of sp³-hybridized carbons (Fsp3) is 0.345. The Bertz CT molecular complexity index is 1180. The number of esters is 1. The second-order valence-electron chi connectivity index (χ2n) is 8.95. The summed E-state index contributed by atoms with van der Waals surface area (Å²) in [5, 5.41) is 0. The van der Waals surface area contributed by atoms with Crippen molar-refractivity contribution < 1.29 is 27.4 Å². The monoisotopic (exact) mass is 482 g/mol. The Morgan fingerprint density at radius 2 is 1.54 bits per heavy atom. The van der Waals surface area contributed by atoms with Crippen molar-refractivity contribution in [3.05, 3.63) is 83.2 Å². The van der Waals surface area contributed by atoms with Crippen molar-refractivity contribution in [2.24, 2.45) is 5.92 Å². The van der Waals surface area contributed by atoms with Crippen LogP contribution in [0.3, 0.4) is 0 Å². The zero-order valence-corrected chi connectivity index (χ0v) is 20.0. The number of rotatable bonds is 7. The Balaban J connectivity index is 1.45. The number of benzene rings is 3. The molecule has 0 aliphatic heterocycles. The number of halogens is 3. The minimum atomic E-state index is -1.17. The van der Waals surface area contributed by atoms with Gasteiger partial charge < -0.3 is 9.47 Å². The summed E-state index contributed by atoms with van der Waals surface area (Å²) in [5.74, 6) is -2.62. The van der Waals surface area contributed by atoms with Gasteiger partial charge >= 0.3 is 5.97 Å². The van der Waals surface area contributed by atoms with Crippen molar-refractivity contribution in [2.75, 3.05) is 6.61 Å². The maximum atomic E-state index is 14.9. The molecule has 6 heteroatoms. The first-order valence-corrected chi connectivity index (χ1v) is 12.1. The predicted octanol–water partition coefficient (Wildman–Crippen LogP) is 8.07. The summed E-state index contributed by atoms with van der Waals surface area (Å²) in [6, 6.07) is 13.8. The quantitative estimate of drug-likeness (QED) is 0.252. The van der Waals surface area contributed by atoms with E-state index in [0.717, 1.165) is 32.1 Å². The third kappa shape index (κ3) is 5.53. The molecule has 0 unspecified atom stereocenters. The van der Waals surface area contributed by atoms with E-state index in [2.05, 4.69) is 6.92 Å². The maximum Gasteiger partial charge on any atom is 0.346 e. The number of hydrogen-bond acceptors (Lipinski definition) is 3. The molecule has 1 aliphatic carbocycles. The summed E-state index contributed by atoms with van der Waals surface area (Å²) in [5.41, 5.74) is 1.22. The SMILES string of the molecule is CCOc1ccc(-c2ccc(OC(=O)c3ccc(C4CCC(CC)CC4)c(F)c3F)cc2)cc1F. The van der Waals surface area contributed by atoms with Crippen LogP contribution in [0.5, 0.6) is 11.5 Å². The molecule has 1 fully saturated rings. The second kappa shape index (κ2) is 11.0. The predicted molar refractivity (Wildman–Crippen MR) is 129 cm³/mol. The van der Waals surface area contributed by atoms with Crippen molar-refractivity contribution in [3.8, 4) is 22.6 Å². The van der Waals surface area contributed by atoms with E-state index in [1.807, 2.05) is 0 Å². The Morgan fingerprint density at radius 1 is 0.857 bits per heavy atom. The lowest BCUT2D eigenvalue weighted by atomic mass is 9.77. The molecule has 0 spiro atoms. The molecule has 3 aromatic carbocycles. The van der Waals surface area contributed by atoms with Gasteiger partial charge in [-0.3, -0.25) is 0 Å². The van der Waals surface area contributed by atoms with E-state index in [1.165, 1.54) is 30.3 Å². The standard InChI is InChI=1S/C29H29F3O3/c1-3-18-5-7-20(8-6-18)23-14-15-24(28(32)27(23)31)29(33)35-22-12-9-19(10-13-22)21-11-16-26(34-4-2)25(30)17-21/h9-18,20H,3-8H2,1-2H3. The molecular formula is C29H29F3O3. The van der Waals surface area contributed by atoms with Crippen LogP contribution in [0, 0.1) is 23.4 Å². The van der Waals surface area contributed by atoms with E-state index >= 15 is 0 Å². The van der Waals surface area contributed by atoms with Gasteiger partial charge in [-0.25, -0.2) is 18.0 Å². The van der Waals surface area contributed by atoms with E-state index in [4.69, 9.17) is 9.47 Å². The maximum absolute atomic E-state index is 14.9. The molecule has 4 rings (SSSR count). The summed E-state index contributed by atoms with van der Waals surface area (Å²) in [6.07, 6.45) is 4.76. The van der Waals surface area contributed by atoms with E-state index in [9.17, 15) is 18.0 Å². The van der Waals surface area contributed by atoms with Crippen LogP contribution < -0.4 is 9.47 Å².